The zero-order chi connectivity index (χ0) is 13.4. The summed E-state index contributed by atoms with van der Waals surface area (Å²) in [6.07, 6.45) is 2.88. The summed E-state index contributed by atoms with van der Waals surface area (Å²) in [6.45, 7) is 11.6. The molecule has 0 amide bonds. The van der Waals surface area contributed by atoms with Crippen LogP contribution in [0.3, 0.4) is 0 Å². The van der Waals surface area contributed by atoms with Gasteiger partial charge in [0.2, 0.25) is 0 Å². The van der Waals surface area contributed by atoms with Gasteiger partial charge in [0, 0.05) is 12.6 Å². The van der Waals surface area contributed by atoms with Crippen molar-refractivity contribution in [1.29, 1.82) is 0 Å². The molecular formula is C13H26N4O. The van der Waals surface area contributed by atoms with Gasteiger partial charge in [-0.15, -0.1) is 0 Å². The van der Waals surface area contributed by atoms with Gasteiger partial charge in [-0.2, -0.15) is 5.10 Å². The maximum Gasteiger partial charge on any atom is 0.164 e. The van der Waals surface area contributed by atoms with Gasteiger partial charge in [-0.1, -0.05) is 27.7 Å². The summed E-state index contributed by atoms with van der Waals surface area (Å²) in [4.78, 5) is 4.25. The molecule has 0 saturated heterocycles. The fraction of sp³-hybridized carbons (Fsp3) is 0.846. The number of nitrogens with zero attached hydrogens (tertiary/aromatic N) is 3. The standard InChI is InChI=1S/C13H26N4O/c1-11(2)5-7-18-8-6-17-10-15-13(16-17)9-14-12(3)4/h10-12,14H,5-9H2,1-4H3. The lowest BCUT2D eigenvalue weighted by Gasteiger charge is -2.06. The van der Waals surface area contributed by atoms with Crippen LogP contribution >= 0.6 is 0 Å². The molecule has 1 rings (SSSR count). The average molecular weight is 254 g/mol. The number of nitrogens with one attached hydrogen (secondary N) is 1. The minimum absolute atomic E-state index is 0.455. The Labute approximate surface area is 110 Å². The van der Waals surface area contributed by atoms with Crippen molar-refractivity contribution < 1.29 is 4.74 Å². The molecule has 1 N–H and O–H groups in total. The van der Waals surface area contributed by atoms with Crippen molar-refractivity contribution in [1.82, 2.24) is 20.1 Å². The van der Waals surface area contributed by atoms with Gasteiger partial charge in [-0.25, -0.2) is 4.98 Å². The summed E-state index contributed by atoms with van der Waals surface area (Å²) in [5, 5.41) is 7.67. The molecule has 0 fully saturated rings. The van der Waals surface area contributed by atoms with E-state index in [0.717, 1.165) is 31.9 Å². The van der Waals surface area contributed by atoms with Crippen LogP contribution in [0.5, 0.6) is 0 Å². The maximum absolute atomic E-state index is 5.55. The molecule has 0 bridgehead atoms. The van der Waals surface area contributed by atoms with Crippen LogP contribution in [-0.4, -0.2) is 34.0 Å². The molecule has 0 unspecified atom stereocenters. The normalized spacial score (nSPS) is 11.7. The highest BCUT2D eigenvalue weighted by atomic mass is 16.5. The van der Waals surface area contributed by atoms with Gasteiger partial charge in [0.05, 0.1) is 19.7 Å². The maximum atomic E-state index is 5.55. The highest BCUT2D eigenvalue weighted by Crippen LogP contribution is 1.99. The molecule has 0 aromatic carbocycles. The molecule has 1 heterocycles. The highest BCUT2D eigenvalue weighted by molar-refractivity contribution is 4.81. The van der Waals surface area contributed by atoms with Crippen molar-refractivity contribution in [2.45, 2.75) is 53.2 Å². The van der Waals surface area contributed by atoms with Crippen molar-refractivity contribution in [3.63, 3.8) is 0 Å². The molecule has 0 radical (unpaired) electrons. The van der Waals surface area contributed by atoms with Crippen LogP contribution in [0.15, 0.2) is 6.33 Å². The largest absolute Gasteiger partial charge is 0.380 e. The molecule has 5 nitrogen and oxygen atoms in total. The molecule has 0 spiro atoms. The summed E-state index contributed by atoms with van der Waals surface area (Å²) in [7, 11) is 0. The molecule has 104 valence electrons. The van der Waals surface area contributed by atoms with E-state index in [9.17, 15) is 0 Å². The number of ether oxygens (including phenoxy) is 1. The Morgan fingerprint density at radius 3 is 2.72 bits per heavy atom. The van der Waals surface area contributed by atoms with E-state index in [1.54, 1.807) is 6.33 Å². The number of hydrogen-bond donors (Lipinski definition) is 1. The second-order valence-corrected chi connectivity index (χ2v) is 5.25. The van der Waals surface area contributed by atoms with Gasteiger partial charge in [-0.05, 0) is 12.3 Å². The number of hydrogen-bond acceptors (Lipinski definition) is 4. The molecular weight excluding hydrogens is 228 g/mol. The molecule has 0 saturated carbocycles. The Hall–Kier alpha value is -0.940. The summed E-state index contributed by atoms with van der Waals surface area (Å²) < 4.78 is 7.39. The van der Waals surface area contributed by atoms with Crippen LogP contribution in [0.2, 0.25) is 0 Å². The van der Waals surface area contributed by atoms with Gasteiger partial charge in [0.25, 0.3) is 0 Å². The van der Waals surface area contributed by atoms with E-state index in [-0.39, 0.29) is 0 Å². The van der Waals surface area contributed by atoms with Gasteiger partial charge in [0.1, 0.15) is 6.33 Å². The highest BCUT2D eigenvalue weighted by Gasteiger charge is 2.01. The fourth-order valence-corrected chi connectivity index (χ4v) is 1.40. The zero-order valence-corrected chi connectivity index (χ0v) is 12.0. The van der Waals surface area contributed by atoms with Crippen molar-refractivity contribution in [2.24, 2.45) is 5.92 Å². The lowest BCUT2D eigenvalue weighted by atomic mass is 10.1. The van der Waals surface area contributed by atoms with Crippen molar-refractivity contribution in [3.8, 4) is 0 Å². The second-order valence-electron chi connectivity index (χ2n) is 5.25. The van der Waals surface area contributed by atoms with Crippen LogP contribution in [0.1, 0.15) is 39.9 Å². The predicted molar refractivity (Wildman–Crippen MR) is 72.3 cm³/mol. The lowest BCUT2D eigenvalue weighted by Crippen LogP contribution is -2.22. The SMILES string of the molecule is CC(C)CCOCCn1cnc(CNC(C)C)n1. The predicted octanol–water partition coefficient (Wildman–Crippen LogP) is 1.84. The summed E-state index contributed by atoms with van der Waals surface area (Å²) in [5.41, 5.74) is 0. The van der Waals surface area contributed by atoms with E-state index >= 15 is 0 Å². The van der Waals surface area contributed by atoms with Gasteiger partial charge >= 0.3 is 0 Å². The first-order valence-corrected chi connectivity index (χ1v) is 6.77. The molecule has 0 aliphatic rings. The molecule has 5 heteroatoms. The Kier molecular flexibility index (Phi) is 6.90. The summed E-state index contributed by atoms with van der Waals surface area (Å²) in [6, 6.07) is 0.455. The molecule has 0 aliphatic carbocycles. The van der Waals surface area contributed by atoms with Crippen LogP contribution in [-0.2, 0) is 17.8 Å². The molecule has 18 heavy (non-hydrogen) atoms. The van der Waals surface area contributed by atoms with E-state index in [0.29, 0.717) is 18.6 Å². The average Bonchev–Trinajstić information content (AvgIpc) is 2.73. The smallest absolute Gasteiger partial charge is 0.164 e. The van der Waals surface area contributed by atoms with Gasteiger partial charge in [0.15, 0.2) is 5.82 Å². The molecule has 1 aromatic heterocycles. The van der Waals surface area contributed by atoms with Crippen LogP contribution < -0.4 is 5.32 Å². The van der Waals surface area contributed by atoms with Gasteiger partial charge in [-0.3, -0.25) is 4.68 Å². The van der Waals surface area contributed by atoms with Crippen molar-refractivity contribution >= 4 is 0 Å². The summed E-state index contributed by atoms with van der Waals surface area (Å²) in [5.74, 6) is 1.54. The first-order chi connectivity index (χ1) is 8.58. The third kappa shape index (κ3) is 6.71. The van der Waals surface area contributed by atoms with Gasteiger partial charge < -0.3 is 10.1 Å². The molecule has 1 aromatic rings. The minimum atomic E-state index is 0.455. The van der Waals surface area contributed by atoms with E-state index in [1.807, 2.05) is 4.68 Å². The van der Waals surface area contributed by atoms with Crippen molar-refractivity contribution in [3.05, 3.63) is 12.2 Å². The van der Waals surface area contributed by atoms with Crippen LogP contribution in [0.25, 0.3) is 0 Å². The topological polar surface area (TPSA) is 52.0 Å². The lowest BCUT2D eigenvalue weighted by molar-refractivity contribution is 0.114. The third-order valence-electron chi connectivity index (χ3n) is 2.56. The fourth-order valence-electron chi connectivity index (χ4n) is 1.40. The van der Waals surface area contributed by atoms with E-state index in [4.69, 9.17) is 4.74 Å². The Bertz CT molecular complexity index is 323. The zero-order valence-electron chi connectivity index (χ0n) is 12.0. The quantitative estimate of drug-likeness (QED) is 0.683. The first kappa shape index (κ1) is 15.1. The van der Waals surface area contributed by atoms with Crippen molar-refractivity contribution in [2.75, 3.05) is 13.2 Å². The van der Waals surface area contributed by atoms with Crippen LogP contribution in [0, 0.1) is 5.92 Å². The Morgan fingerprint density at radius 2 is 2.06 bits per heavy atom. The first-order valence-electron chi connectivity index (χ1n) is 6.77. The molecule has 0 atom stereocenters. The third-order valence-corrected chi connectivity index (χ3v) is 2.56. The van der Waals surface area contributed by atoms with E-state index in [2.05, 4.69) is 43.1 Å². The van der Waals surface area contributed by atoms with Crippen LogP contribution in [0.4, 0.5) is 0 Å². The minimum Gasteiger partial charge on any atom is -0.380 e. The van der Waals surface area contributed by atoms with E-state index < -0.39 is 0 Å². The monoisotopic (exact) mass is 254 g/mol. The molecule has 0 aliphatic heterocycles. The number of rotatable bonds is 9. The number of aromatic nitrogens is 3. The second kappa shape index (κ2) is 8.21. The summed E-state index contributed by atoms with van der Waals surface area (Å²) >= 11 is 0. The Morgan fingerprint density at radius 1 is 1.28 bits per heavy atom. The Balaban J connectivity index is 2.15. The van der Waals surface area contributed by atoms with E-state index in [1.165, 1.54) is 0 Å².